The fourth-order valence-corrected chi connectivity index (χ4v) is 2.56. The summed E-state index contributed by atoms with van der Waals surface area (Å²) in [5, 5.41) is 10.9. The van der Waals surface area contributed by atoms with E-state index in [4.69, 9.17) is 16.3 Å². The number of esters is 1. The number of hydrogen-bond acceptors (Lipinski definition) is 6. The van der Waals surface area contributed by atoms with Crippen LogP contribution in [0, 0.1) is 16.0 Å². The number of carbonyl (C=O) groups is 1. The van der Waals surface area contributed by atoms with Gasteiger partial charge in [0.1, 0.15) is 12.0 Å². The molecule has 1 aliphatic heterocycles. The Morgan fingerprint density at radius 2 is 2.40 bits per heavy atom. The topological polar surface area (TPSA) is 85.6 Å². The Balaban J connectivity index is 2.19. The van der Waals surface area contributed by atoms with Gasteiger partial charge in [-0.25, -0.2) is 4.98 Å². The van der Waals surface area contributed by atoms with Crippen molar-refractivity contribution in [3.63, 3.8) is 0 Å². The first-order valence-corrected chi connectivity index (χ1v) is 6.53. The van der Waals surface area contributed by atoms with E-state index in [9.17, 15) is 14.9 Å². The summed E-state index contributed by atoms with van der Waals surface area (Å²) < 4.78 is 4.75. The van der Waals surface area contributed by atoms with E-state index in [1.54, 1.807) is 0 Å². The van der Waals surface area contributed by atoms with Gasteiger partial charge in [0.25, 0.3) is 5.69 Å². The fraction of sp³-hybridized carbons (Fsp3) is 0.500. The standard InChI is InChI=1S/C12H14ClN3O4/c1-20-12(17)8-3-2-4-15(7-8)11-10(13)5-9(6-14-11)16(18)19/h5-6,8H,2-4,7H2,1H3/t8-/m0/s1. The van der Waals surface area contributed by atoms with Crippen molar-refractivity contribution in [1.82, 2.24) is 4.98 Å². The molecule has 2 rings (SSSR count). The van der Waals surface area contributed by atoms with Crippen molar-refractivity contribution in [1.29, 1.82) is 0 Å². The van der Waals surface area contributed by atoms with Crippen LogP contribution in [0.4, 0.5) is 11.5 Å². The van der Waals surface area contributed by atoms with Gasteiger partial charge in [0.2, 0.25) is 0 Å². The second-order valence-electron chi connectivity index (χ2n) is 4.56. The number of nitro groups is 1. The van der Waals surface area contributed by atoms with E-state index in [0.717, 1.165) is 12.8 Å². The molecule has 7 nitrogen and oxygen atoms in total. The van der Waals surface area contributed by atoms with E-state index in [1.165, 1.54) is 19.4 Å². The Labute approximate surface area is 120 Å². The molecular weight excluding hydrogens is 286 g/mol. The molecule has 1 fully saturated rings. The maximum atomic E-state index is 11.6. The van der Waals surface area contributed by atoms with Crippen molar-refractivity contribution >= 4 is 29.1 Å². The molecule has 2 heterocycles. The molecule has 108 valence electrons. The maximum Gasteiger partial charge on any atom is 0.310 e. The van der Waals surface area contributed by atoms with Gasteiger partial charge in [-0.15, -0.1) is 0 Å². The normalized spacial score (nSPS) is 18.7. The van der Waals surface area contributed by atoms with Crippen LogP contribution in [0.25, 0.3) is 0 Å². The van der Waals surface area contributed by atoms with Gasteiger partial charge >= 0.3 is 5.97 Å². The number of aromatic nitrogens is 1. The van der Waals surface area contributed by atoms with Crippen molar-refractivity contribution in [2.75, 3.05) is 25.1 Å². The molecule has 0 aromatic carbocycles. The van der Waals surface area contributed by atoms with Crippen molar-refractivity contribution in [3.05, 3.63) is 27.4 Å². The summed E-state index contributed by atoms with van der Waals surface area (Å²) in [4.78, 5) is 27.6. The molecule has 0 bridgehead atoms. The average Bonchev–Trinajstić information content (AvgIpc) is 2.46. The van der Waals surface area contributed by atoms with Crippen molar-refractivity contribution < 1.29 is 14.5 Å². The smallest absolute Gasteiger partial charge is 0.310 e. The van der Waals surface area contributed by atoms with Crippen LogP contribution in [-0.4, -0.2) is 36.1 Å². The zero-order valence-electron chi connectivity index (χ0n) is 10.9. The number of piperidine rings is 1. The van der Waals surface area contributed by atoms with E-state index in [1.807, 2.05) is 4.90 Å². The third kappa shape index (κ3) is 2.98. The van der Waals surface area contributed by atoms with E-state index < -0.39 is 4.92 Å². The molecule has 0 spiro atoms. The predicted octanol–water partition coefficient (Wildman–Crippen LogP) is 2.03. The third-order valence-electron chi connectivity index (χ3n) is 3.27. The lowest BCUT2D eigenvalue weighted by molar-refractivity contribution is -0.385. The van der Waals surface area contributed by atoms with Crippen LogP contribution in [0.2, 0.25) is 5.02 Å². The van der Waals surface area contributed by atoms with Gasteiger partial charge in [-0.3, -0.25) is 14.9 Å². The minimum atomic E-state index is -0.546. The zero-order valence-corrected chi connectivity index (χ0v) is 11.7. The molecule has 8 heteroatoms. The van der Waals surface area contributed by atoms with Gasteiger partial charge in [-0.2, -0.15) is 0 Å². The van der Waals surface area contributed by atoms with Crippen molar-refractivity contribution in [2.45, 2.75) is 12.8 Å². The fourth-order valence-electron chi connectivity index (χ4n) is 2.28. The first-order chi connectivity index (χ1) is 9.52. The van der Waals surface area contributed by atoms with Crippen LogP contribution in [-0.2, 0) is 9.53 Å². The number of methoxy groups -OCH3 is 1. The second-order valence-corrected chi connectivity index (χ2v) is 4.97. The predicted molar refractivity (Wildman–Crippen MR) is 72.9 cm³/mol. The first kappa shape index (κ1) is 14.5. The Hall–Kier alpha value is -1.89. The Bertz CT molecular complexity index is 537. The minimum Gasteiger partial charge on any atom is -0.469 e. The summed E-state index contributed by atoms with van der Waals surface area (Å²) in [6, 6.07) is 1.27. The summed E-state index contributed by atoms with van der Waals surface area (Å²) in [5.41, 5.74) is -0.153. The summed E-state index contributed by atoms with van der Waals surface area (Å²) in [5.74, 6) is -0.0135. The summed E-state index contributed by atoms with van der Waals surface area (Å²) in [7, 11) is 1.36. The number of nitrogens with zero attached hydrogens (tertiary/aromatic N) is 3. The molecule has 1 aromatic heterocycles. The number of hydrogen-bond donors (Lipinski definition) is 0. The van der Waals surface area contributed by atoms with Gasteiger partial charge in [0.05, 0.1) is 23.0 Å². The van der Waals surface area contributed by atoms with Crippen LogP contribution in [0.3, 0.4) is 0 Å². The summed E-state index contributed by atoms with van der Waals surface area (Å²) in [6.45, 7) is 1.16. The number of pyridine rings is 1. The van der Waals surface area contributed by atoms with Crippen LogP contribution < -0.4 is 4.90 Å². The monoisotopic (exact) mass is 299 g/mol. The molecule has 0 amide bonds. The lowest BCUT2D eigenvalue weighted by Gasteiger charge is -2.32. The molecular formula is C12H14ClN3O4. The van der Waals surface area contributed by atoms with Crippen molar-refractivity contribution in [3.8, 4) is 0 Å². The van der Waals surface area contributed by atoms with Gasteiger partial charge in [0.15, 0.2) is 0 Å². The van der Waals surface area contributed by atoms with Gasteiger partial charge < -0.3 is 9.64 Å². The van der Waals surface area contributed by atoms with Gasteiger partial charge in [0, 0.05) is 19.2 Å². The number of halogens is 1. The second kappa shape index (κ2) is 6.04. The largest absolute Gasteiger partial charge is 0.469 e. The molecule has 0 saturated carbocycles. The third-order valence-corrected chi connectivity index (χ3v) is 3.55. The van der Waals surface area contributed by atoms with Crippen molar-refractivity contribution in [2.24, 2.45) is 5.92 Å². The molecule has 1 saturated heterocycles. The van der Waals surface area contributed by atoms with Crippen LogP contribution in [0.15, 0.2) is 12.3 Å². The highest BCUT2D eigenvalue weighted by atomic mass is 35.5. The quantitative estimate of drug-likeness (QED) is 0.482. The highest BCUT2D eigenvalue weighted by Gasteiger charge is 2.28. The first-order valence-electron chi connectivity index (χ1n) is 6.15. The van der Waals surface area contributed by atoms with E-state index in [2.05, 4.69) is 4.98 Å². The summed E-state index contributed by atoms with van der Waals surface area (Å²) in [6.07, 6.45) is 2.74. The van der Waals surface area contributed by atoms with E-state index >= 15 is 0 Å². The number of anilines is 1. The number of ether oxygens (including phenoxy) is 1. The number of rotatable bonds is 3. The van der Waals surface area contributed by atoms with E-state index in [0.29, 0.717) is 18.9 Å². The molecule has 0 aliphatic carbocycles. The van der Waals surface area contributed by atoms with Crippen LogP contribution in [0.1, 0.15) is 12.8 Å². The van der Waals surface area contributed by atoms with Crippen LogP contribution >= 0.6 is 11.6 Å². The maximum absolute atomic E-state index is 11.6. The van der Waals surface area contributed by atoms with E-state index in [-0.39, 0.29) is 22.6 Å². The summed E-state index contributed by atoms with van der Waals surface area (Å²) >= 11 is 6.04. The Morgan fingerprint density at radius 1 is 1.65 bits per heavy atom. The minimum absolute atomic E-state index is 0.153. The average molecular weight is 300 g/mol. The lowest BCUT2D eigenvalue weighted by atomic mass is 9.98. The van der Waals surface area contributed by atoms with Gasteiger partial charge in [-0.1, -0.05) is 11.6 Å². The Morgan fingerprint density at radius 3 is 3.00 bits per heavy atom. The highest BCUT2D eigenvalue weighted by Crippen LogP contribution is 2.30. The molecule has 0 radical (unpaired) electrons. The highest BCUT2D eigenvalue weighted by molar-refractivity contribution is 6.33. The molecule has 20 heavy (non-hydrogen) atoms. The Kier molecular flexibility index (Phi) is 4.39. The zero-order chi connectivity index (χ0) is 14.7. The van der Waals surface area contributed by atoms with Crippen LogP contribution in [0.5, 0.6) is 0 Å². The SMILES string of the molecule is COC(=O)[C@H]1CCCN(c2ncc([N+](=O)[O-])cc2Cl)C1. The lowest BCUT2D eigenvalue weighted by Crippen LogP contribution is -2.39. The van der Waals surface area contributed by atoms with Gasteiger partial charge in [-0.05, 0) is 12.8 Å². The molecule has 1 atom stereocenters. The molecule has 0 N–H and O–H groups in total. The number of carbonyl (C=O) groups excluding carboxylic acids is 1. The molecule has 0 unspecified atom stereocenters. The molecule has 1 aromatic rings. The molecule has 1 aliphatic rings.